The Bertz CT molecular complexity index is 421. The summed E-state index contributed by atoms with van der Waals surface area (Å²) < 4.78 is 0. The van der Waals surface area contributed by atoms with Crippen LogP contribution in [0.5, 0.6) is 0 Å². The second-order valence-electron chi connectivity index (χ2n) is 3.80. The molecule has 0 bridgehead atoms. The predicted molar refractivity (Wildman–Crippen MR) is 82.7 cm³/mol. The van der Waals surface area contributed by atoms with E-state index in [1.54, 1.807) is 24.3 Å². The molecule has 0 unspecified atom stereocenters. The average Bonchev–Trinajstić information content (AvgIpc) is 2.65. The van der Waals surface area contributed by atoms with Crippen molar-refractivity contribution in [1.29, 1.82) is 0 Å². The summed E-state index contributed by atoms with van der Waals surface area (Å²) in [6.45, 7) is 0.512. The molecular weight excluding hydrogens is 495 g/mol. The number of amides is 2. The Kier molecular flexibility index (Phi) is 8.62. The fourth-order valence-corrected chi connectivity index (χ4v) is 2.20. The zero-order valence-corrected chi connectivity index (χ0v) is 18.0. The van der Waals surface area contributed by atoms with Gasteiger partial charge in [0.1, 0.15) is 0 Å². The summed E-state index contributed by atoms with van der Waals surface area (Å²) in [7, 11) is 0. The van der Waals surface area contributed by atoms with E-state index >= 15 is 0 Å². The summed E-state index contributed by atoms with van der Waals surface area (Å²) >= 11 is 9.58. The Hall–Kier alpha value is 0.423. The van der Waals surface area contributed by atoms with Gasteiger partial charge in [-0.3, -0.25) is 14.5 Å². The zero-order valence-electron chi connectivity index (χ0n) is 10.2. The Morgan fingerprint density at radius 3 is 1.89 bits per heavy atom. The van der Waals surface area contributed by atoms with Crippen molar-refractivity contribution in [2.45, 2.75) is 12.8 Å². The predicted octanol–water partition coefficient (Wildman–Crippen LogP) is 4.15. The van der Waals surface area contributed by atoms with Crippen LogP contribution < -0.4 is 0 Å². The molecule has 0 saturated carbocycles. The third-order valence-corrected chi connectivity index (χ3v) is 3.20. The monoisotopic (exact) mass is 503 g/mol. The van der Waals surface area contributed by atoms with Crippen LogP contribution >= 0.6 is 43.2 Å². The fourth-order valence-electron chi connectivity index (χ4n) is 1.81. The zero-order chi connectivity index (χ0) is 14.3. The molecule has 1 aromatic carbocycles. The van der Waals surface area contributed by atoms with E-state index in [9.17, 15) is 9.59 Å². The number of imide groups is 1. The van der Waals surface area contributed by atoms with Gasteiger partial charge in [-0.15, -0.1) is 0 Å². The summed E-state index contributed by atoms with van der Waals surface area (Å²) in [5.74, 6) is -0.314. The van der Waals surface area contributed by atoms with Crippen LogP contribution in [0.15, 0.2) is 24.3 Å². The van der Waals surface area contributed by atoms with E-state index in [-0.39, 0.29) is 25.0 Å². The molecular formula is C12H12Br3NO2Zn. The van der Waals surface area contributed by atoms with Gasteiger partial charge in [-0.05, 0) is 25.0 Å². The Morgan fingerprint density at radius 2 is 1.47 bits per heavy atom. The maximum atomic E-state index is 11.9. The third kappa shape index (κ3) is 4.73. The Balaban J connectivity index is 0.000000550. The number of halogens is 3. The summed E-state index contributed by atoms with van der Waals surface area (Å²) in [5, 5.41) is 0.899. The summed E-state index contributed by atoms with van der Waals surface area (Å²) in [4.78, 5) is 25.1. The first-order chi connectivity index (χ1) is 9.17. The third-order valence-electron chi connectivity index (χ3n) is 2.64. The first-order valence-corrected chi connectivity index (χ1v) is 20.8. The second kappa shape index (κ2) is 9.38. The van der Waals surface area contributed by atoms with Crippen molar-refractivity contribution in [2.24, 2.45) is 0 Å². The molecule has 0 spiro atoms. The number of carbonyl (C=O) groups excluding carboxylic acids is 2. The average molecular weight is 507 g/mol. The molecule has 0 N–H and O–H groups in total. The maximum absolute atomic E-state index is 11.9. The van der Waals surface area contributed by atoms with Gasteiger partial charge < -0.3 is 0 Å². The van der Waals surface area contributed by atoms with Gasteiger partial charge in [0.15, 0.2) is 0 Å². The molecule has 1 aliphatic heterocycles. The molecule has 19 heavy (non-hydrogen) atoms. The first kappa shape index (κ1) is 17.5. The molecule has 1 aliphatic rings. The van der Waals surface area contributed by atoms with Crippen molar-refractivity contribution < 1.29 is 22.8 Å². The van der Waals surface area contributed by atoms with E-state index in [0.29, 0.717) is 17.7 Å². The molecule has 0 radical (unpaired) electrons. The first-order valence-electron chi connectivity index (χ1n) is 5.80. The summed E-state index contributed by atoms with van der Waals surface area (Å²) in [6.07, 6.45) is 1.81. The number of carbonyl (C=O) groups is 2. The number of rotatable bonds is 4. The van der Waals surface area contributed by atoms with E-state index in [1.807, 2.05) is 0 Å². The van der Waals surface area contributed by atoms with Crippen LogP contribution in [0.1, 0.15) is 33.6 Å². The van der Waals surface area contributed by atoms with E-state index in [1.165, 1.54) is 4.90 Å². The number of alkyl halides is 1. The van der Waals surface area contributed by atoms with Gasteiger partial charge in [0.05, 0.1) is 11.1 Å². The fraction of sp³-hybridized carbons (Fsp3) is 0.333. The molecule has 3 nitrogen and oxygen atoms in total. The number of benzene rings is 1. The molecule has 1 heterocycles. The van der Waals surface area contributed by atoms with Crippen molar-refractivity contribution in [3.05, 3.63) is 35.4 Å². The van der Waals surface area contributed by atoms with Crippen LogP contribution in [-0.2, 0) is 13.2 Å². The number of fused-ring (bicyclic) bond motifs is 1. The van der Waals surface area contributed by atoms with Crippen LogP contribution in [0.2, 0.25) is 0 Å². The van der Waals surface area contributed by atoms with Gasteiger partial charge in [-0.2, -0.15) is 0 Å². The van der Waals surface area contributed by atoms with Gasteiger partial charge in [0, 0.05) is 11.9 Å². The number of nitrogens with zero attached hydrogens (tertiary/aromatic N) is 1. The van der Waals surface area contributed by atoms with Crippen LogP contribution in [0, 0.1) is 0 Å². The van der Waals surface area contributed by atoms with Crippen molar-refractivity contribution >= 4 is 55.0 Å². The van der Waals surface area contributed by atoms with Crippen LogP contribution in [0.4, 0.5) is 0 Å². The van der Waals surface area contributed by atoms with E-state index in [0.717, 1.165) is 18.2 Å². The summed E-state index contributed by atoms with van der Waals surface area (Å²) in [6, 6.07) is 6.98. The van der Waals surface area contributed by atoms with E-state index in [2.05, 4.69) is 43.2 Å². The number of hydrogen-bond donors (Lipinski definition) is 0. The standard InChI is InChI=1S/C12H12BrNO2.2BrH.Zn/c13-7-3-4-8-14-11(15)9-5-1-2-6-10(9)12(14)16;;;/h1-2,5-6H,3-4,7-8H2;2*1H;/q;;;+2/p-2. The van der Waals surface area contributed by atoms with E-state index < -0.39 is 0 Å². The van der Waals surface area contributed by atoms with E-state index in [4.69, 9.17) is 0 Å². The van der Waals surface area contributed by atoms with Gasteiger partial charge in [0.2, 0.25) is 0 Å². The SMILES string of the molecule is O=C1c2ccccc2C(=O)N1CCCCBr.[Br][Zn][Br]. The number of unbranched alkanes of at least 4 members (excludes halogenated alkanes) is 1. The molecule has 0 aromatic heterocycles. The Morgan fingerprint density at radius 1 is 1.00 bits per heavy atom. The minimum atomic E-state index is -0.250. The van der Waals surface area contributed by atoms with Gasteiger partial charge in [-0.25, -0.2) is 0 Å². The molecule has 0 atom stereocenters. The molecule has 2 amide bonds. The normalized spacial score (nSPS) is 12.7. The molecule has 2 rings (SSSR count). The second-order valence-corrected chi connectivity index (χ2v) is 18.7. The Labute approximate surface area is 141 Å². The molecule has 7 heteroatoms. The molecule has 1 aromatic rings. The molecule has 100 valence electrons. The van der Waals surface area contributed by atoms with Gasteiger partial charge in [-0.1, -0.05) is 28.1 Å². The van der Waals surface area contributed by atoms with Crippen LogP contribution in [0.3, 0.4) is 0 Å². The van der Waals surface area contributed by atoms with Gasteiger partial charge >= 0.3 is 40.5 Å². The molecule has 0 aliphatic carbocycles. The van der Waals surface area contributed by atoms with Crippen LogP contribution in [0.25, 0.3) is 0 Å². The van der Waals surface area contributed by atoms with Crippen molar-refractivity contribution in [3.63, 3.8) is 0 Å². The van der Waals surface area contributed by atoms with Crippen LogP contribution in [-0.4, -0.2) is 28.6 Å². The quantitative estimate of drug-likeness (QED) is 0.266. The topological polar surface area (TPSA) is 37.4 Å². The minimum absolute atomic E-state index is 0.157. The molecule has 0 fully saturated rings. The summed E-state index contributed by atoms with van der Waals surface area (Å²) in [5.41, 5.74) is 1.07. The van der Waals surface area contributed by atoms with Crippen molar-refractivity contribution in [1.82, 2.24) is 4.90 Å². The van der Waals surface area contributed by atoms with Crippen molar-refractivity contribution in [3.8, 4) is 0 Å². The van der Waals surface area contributed by atoms with Crippen molar-refractivity contribution in [2.75, 3.05) is 11.9 Å². The van der Waals surface area contributed by atoms with Gasteiger partial charge in [0.25, 0.3) is 11.8 Å². The number of hydrogen-bond acceptors (Lipinski definition) is 2. The molecule has 0 saturated heterocycles.